The topological polar surface area (TPSA) is 38.9 Å². The third-order valence-corrected chi connectivity index (χ3v) is 7.04. The summed E-state index contributed by atoms with van der Waals surface area (Å²) in [7, 11) is 0. The maximum Gasteiger partial charge on any atom is 0.417 e. The number of alkyl halides is 12. The lowest BCUT2D eigenvalue weighted by molar-refractivity contribution is -0.182. The Balaban J connectivity index is 1.81. The minimum Gasteiger partial charge on any atom is -0.454 e. The molecule has 0 N–H and O–H groups in total. The number of furan rings is 1. The van der Waals surface area contributed by atoms with Crippen LogP contribution in [-0.2, 0) is 24.7 Å². The first-order valence-electron chi connectivity index (χ1n) is 12.5. The minimum absolute atomic E-state index is 0.00552. The Morgan fingerprint density at radius 3 is 1.47 bits per heavy atom. The molecule has 0 radical (unpaired) electrons. The summed E-state index contributed by atoms with van der Waals surface area (Å²) in [5, 5.41) is 8.20. The molecule has 3 nitrogen and oxygen atoms in total. The molecule has 0 saturated carbocycles. The van der Waals surface area contributed by atoms with Crippen LogP contribution in [0.3, 0.4) is 0 Å². The second kappa shape index (κ2) is 9.84. The summed E-state index contributed by atoms with van der Waals surface area (Å²) < 4.78 is 175. The SMILES string of the molecule is FC(F)(F)c1cc(-c2nnc(-c3cc4ccccc4o3)c3cc4ccccc4cc23)c(C(F)(F)F)c(C(F)(F)F)c1C(F)(F)F. The largest absolute Gasteiger partial charge is 0.454 e. The smallest absolute Gasteiger partial charge is 0.417 e. The molecule has 15 heteroatoms. The van der Waals surface area contributed by atoms with Gasteiger partial charge in [-0.2, -0.15) is 52.7 Å². The molecule has 0 aliphatic heterocycles. The van der Waals surface area contributed by atoms with Crippen molar-refractivity contribution in [1.82, 2.24) is 10.2 Å². The molecule has 0 unspecified atom stereocenters. The standard InChI is InChI=1S/C30H12F12N2O/c31-27(32,33)19-12-18(22(28(34,35)36)24(30(40,41)42)23(19)29(37,38)39)25-16-9-13-5-1-2-6-14(13)10-17(16)26(44-43-25)21-11-15-7-3-4-8-20(15)45-21/h1-12H. The van der Waals surface area contributed by atoms with Crippen LogP contribution in [0.1, 0.15) is 22.3 Å². The summed E-state index contributed by atoms with van der Waals surface area (Å²) in [5.74, 6) is 0.00552. The molecule has 2 aromatic heterocycles. The molecular formula is C30H12F12N2O. The first-order valence-corrected chi connectivity index (χ1v) is 12.5. The zero-order chi connectivity index (χ0) is 32.7. The van der Waals surface area contributed by atoms with Crippen molar-refractivity contribution in [2.45, 2.75) is 24.7 Å². The van der Waals surface area contributed by atoms with Crippen LogP contribution in [0.4, 0.5) is 52.7 Å². The molecule has 0 saturated heterocycles. The van der Waals surface area contributed by atoms with E-state index in [0.29, 0.717) is 16.4 Å². The fourth-order valence-corrected chi connectivity index (χ4v) is 5.29. The number of rotatable bonds is 2. The minimum atomic E-state index is -6.53. The van der Waals surface area contributed by atoms with E-state index < -0.39 is 69.7 Å². The first kappa shape index (κ1) is 30.2. The molecular weight excluding hydrogens is 632 g/mol. The molecule has 0 aliphatic carbocycles. The molecule has 232 valence electrons. The van der Waals surface area contributed by atoms with Gasteiger partial charge in [0.15, 0.2) is 5.76 Å². The van der Waals surface area contributed by atoms with E-state index in [0.717, 1.165) is 6.07 Å². The van der Waals surface area contributed by atoms with E-state index in [-0.39, 0.29) is 22.2 Å². The van der Waals surface area contributed by atoms with Crippen molar-refractivity contribution in [2.75, 3.05) is 0 Å². The highest BCUT2D eigenvalue weighted by Crippen LogP contribution is 2.54. The zero-order valence-electron chi connectivity index (χ0n) is 21.8. The van der Waals surface area contributed by atoms with Crippen molar-refractivity contribution in [3.8, 4) is 22.7 Å². The van der Waals surface area contributed by atoms with Crippen molar-refractivity contribution in [3.05, 3.63) is 95.1 Å². The van der Waals surface area contributed by atoms with Crippen LogP contribution in [0.5, 0.6) is 0 Å². The van der Waals surface area contributed by atoms with Crippen LogP contribution < -0.4 is 0 Å². The van der Waals surface area contributed by atoms with Gasteiger partial charge in [0.25, 0.3) is 0 Å². The van der Waals surface area contributed by atoms with Crippen LogP contribution in [0, 0.1) is 0 Å². The average Bonchev–Trinajstić information content (AvgIpc) is 3.36. The van der Waals surface area contributed by atoms with Gasteiger partial charge in [0, 0.05) is 21.7 Å². The molecule has 6 aromatic rings. The molecule has 45 heavy (non-hydrogen) atoms. The van der Waals surface area contributed by atoms with Crippen molar-refractivity contribution in [1.29, 1.82) is 0 Å². The number of para-hydroxylation sites is 1. The van der Waals surface area contributed by atoms with Crippen LogP contribution in [0.15, 0.2) is 77.2 Å². The Morgan fingerprint density at radius 2 is 0.956 bits per heavy atom. The zero-order valence-corrected chi connectivity index (χ0v) is 21.8. The van der Waals surface area contributed by atoms with Gasteiger partial charge in [0.05, 0.1) is 22.3 Å². The van der Waals surface area contributed by atoms with E-state index in [9.17, 15) is 52.7 Å². The molecule has 6 rings (SSSR count). The number of benzene rings is 4. The van der Waals surface area contributed by atoms with E-state index in [2.05, 4.69) is 10.2 Å². The highest BCUT2D eigenvalue weighted by Gasteiger charge is 2.56. The Labute approximate surface area is 242 Å². The lowest BCUT2D eigenvalue weighted by Gasteiger charge is -2.27. The van der Waals surface area contributed by atoms with Crippen molar-refractivity contribution in [3.63, 3.8) is 0 Å². The summed E-state index contributed by atoms with van der Waals surface area (Å²) in [6.07, 6.45) is -25.4. The van der Waals surface area contributed by atoms with Gasteiger partial charge in [-0.25, -0.2) is 0 Å². The van der Waals surface area contributed by atoms with E-state index in [1.54, 1.807) is 36.4 Å². The predicted molar refractivity (Wildman–Crippen MR) is 138 cm³/mol. The quantitative estimate of drug-likeness (QED) is 0.139. The molecule has 0 amide bonds. The van der Waals surface area contributed by atoms with Gasteiger partial charge in [0.2, 0.25) is 0 Å². The molecule has 0 bridgehead atoms. The van der Waals surface area contributed by atoms with Crippen LogP contribution in [0.2, 0.25) is 0 Å². The van der Waals surface area contributed by atoms with Gasteiger partial charge in [-0.05, 0) is 41.1 Å². The normalized spacial score (nSPS) is 13.3. The van der Waals surface area contributed by atoms with Gasteiger partial charge in [-0.3, -0.25) is 0 Å². The van der Waals surface area contributed by atoms with E-state index in [4.69, 9.17) is 4.42 Å². The highest BCUT2D eigenvalue weighted by molar-refractivity contribution is 6.09. The summed E-state index contributed by atoms with van der Waals surface area (Å²) in [5.41, 5.74) is -15.9. The van der Waals surface area contributed by atoms with Crippen LogP contribution >= 0.6 is 0 Å². The van der Waals surface area contributed by atoms with Crippen LogP contribution in [0.25, 0.3) is 55.2 Å². The van der Waals surface area contributed by atoms with E-state index >= 15 is 0 Å². The summed E-state index contributed by atoms with van der Waals surface area (Å²) in [4.78, 5) is 0. The molecule has 4 aromatic carbocycles. The Hall–Kier alpha value is -4.82. The summed E-state index contributed by atoms with van der Waals surface area (Å²) in [6.45, 7) is 0. The molecule has 0 spiro atoms. The fraction of sp³-hybridized carbons (Fsp3) is 0.133. The number of nitrogens with zero attached hydrogens (tertiary/aromatic N) is 2. The van der Waals surface area contributed by atoms with Crippen molar-refractivity contribution < 1.29 is 57.1 Å². The number of fused-ring (bicyclic) bond motifs is 3. The highest BCUT2D eigenvalue weighted by atomic mass is 19.4. The monoisotopic (exact) mass is 644 g/mol. The molecule has 0 fully saturated rings. The number of hydrogen-bond acceptors (Lipinski definition) is 3. The lowest BCUT2D eigenvalue weighted by Crippen LogP contribution is -2.28. The van der Waals surface area contributed by atoms with Gasteiger partial charge >= 0.3 is 24.7 Å². The predicted octanol–water partition coefficient (Wildman–Crippen LogP) is 10.9. The van der Waals surface area contributed by atoms with Crippen molar-refractivity contribution >= 4 is 32.5 Å². The van der Waals surface area contributed by atoms with Gasteiger partial charge < -0.3 is 4.42 Å². The first-order chi connectivity index (χ1) is 20.9. The second-order valence-corrected chi connectivity index (χ2v) is 9.88. The summed E-state index contributed by atoms with van der Waals surface area (Å²) >= 11 is 0. The van der Waals surface area contributed by atoms with Gasteiger partial charge in [-0.15, -0.1) is 10.2 Å². The van der Waals surface area contributed by atoms with Crippen molar-refractivity contribution in [2.24, 2.45) is 0 Å². The summed E-state index contributed by atoms with van der Waals surface area (Å²) in [6, 6.07) is 16.0. The fourth-order valence-electron chi connectivity index (χ4n) is 5.29. The van der Waals surface area contributed by atoms with E-state index in [1.165, 1.54) is 24.3 Å². The third kappa shape index (κ3) is 5.19. The Morgan fingerprint density at radius 1 is 0.467 bits per heavy atom. The second-order valence-electron chi connectivity index (χ2n) is 9.88. The van der Waals surface area contributed by atoms with Gasteiger partial charge in [0.1, 0.15) is 17.0 Å². The maximum absolute atomic E-state index is 14.4. The number of hydrogen-bond donors (Lipinski definition) is 0. The van der Waals surface area contributed by atoms with Crippen LogP contribution in [-0.4, -0.2) is 10.2 Å². The number of halogens is 12. The molecule has 0 atom stereocenters. The maximum atomic E-state index is 14.4. The average molecular weight is 644 g/mol. The Bertz CT molecular complexity index is 2090. The third-order valence-electron chi connectivity index (χ3n) is 7.04. The number of aromatic nitrogens is 2. The lowest BCUT2D eigenvalue weighted by atomic mass is 9.87. The van der Waals surface area contributed by atoms with E-state index in [1.807, 2.05) is 0 Å². The molecule has 2 heterocycles. The van der Waals surface area contributed by atoms with Gasteiger partial charge in [-0.1, -0.05) is 42.5 Å². The molecule has 0 aliphatic rings. The Kier molecular flexibility index (Phi) is 6.61.